The van der Waals surface area contributed by atoms with E-state index in [1.807, 2.05) is 0 Å². The van der Waals surface area contributed by atoms with Gasteiger partial charge in [-0.05, 0) is 31.4 Å². The third-order valence-electron chi connectivity index (χ3n) is 3.35. The average Bonchev–Trinajstić information content (AvgIpc) is 2.39. The van der Waals surface area contributed by atoms with Gasteiger partial charge in [0, 0.05) is 0 Å². The molecule has 0 aliphatic carbocycles. The first kappa shape index (κ1) is 14.2. The summed E-state index contributed by atoms with van der Waals surface area (Å²) in [7, 11) is 0. The van der Waals surface area contributed by atoms with Crippen LogP contribution in [0.5, 0.6) is 0 Å². The molecule has 0 aliphatic rings. The molecule has 1 atom stereocenters. The first-order chi connectivity index (χ1) is 8.38. The Balaban J connectivity index is 2.43. The van der Waals surface area contributed by atoms with Crippen LogP contribution in [0.15, 0.2) is 30.3 Å². The minimum atomic E-state index is 1.28. The number of benzene rings is 1. The Hall–Kier alpha value is -0.820. The lowest BCUT2D eigenvalue weighted by atomic mass is 10.2. The van der Waals surface area contributed by atoms with Crippen molar-refractivity contribution >= 4 is 5.69 Å². The van der Waals surface area contributed by atoms with Gasteiger partial charge in [-0.3, -0.25) is 0 Å². The molecule has 0 aliphatic heterocycles. The summed E-state index contributed by atoms with van der Waals surface area (Å²) >= 11 is 0. The fraction of sp³-hybridized carbons (Fsp3) is 0.625. The summed E-state index contributed by atoms with van der Waals surface area (Å²) in [5.74, 6) is 0. The lowest BCUT2D eigenvalue weighted by molar-refractivity contribution is -0.833. The van der Waals surface area contributed by atoms with Crippen LogP contribution in [0.2, 0.25) is 0 Å². The fourth-order valence-corrected chi connectivity index (χ4v) is 2.24. The number of hydrogen-bond acceptors (Lipinski definition) is 0. The summed E-state index contributed by atoms with van der Waals surface area (Å²) in [5.41, 5.74) is 1.47. The van der Waals surface area contributed by atoms with E-state index >= 15 is 0 Å². The van der Waals surface area contributed by atoms with E-state index in [9.17, 15) is 0 Å². The predicted molar refractivity (Wildman–Crippen MR) is 75.8 cm³/mol. The number of quaternary nitrogens is 1. The highest BCUT2D eigenvalue weighted by Crippen LogP contribution is 2.01. The number of nitrogens with one attached hydrogen (secondary N) is 1. The van der Waals surface area contributed by atoms with Crippen LogP contribution < -0.4 is 4.90 Å². The molecule has 96 valence electrons. The lowest BCUT2D eigenvalue weighted by Crippen LogP contribution is -3.07. The molecule has 0 bridgehead atoms. The summed E-state index contributed by atoms with van der Waals surface area (Å²) in [6, 6.07) is 11.0. The van der Waals surface area contributed by atoms with Gasteiger partial charge in [0.2, 0.25) is 0 Å². The highest BCUT2D eigenvalue weighted by atomic mass is 15.1. The van der Waals surface area contributed by atoms with Crippen molar-refractivity contribution in [2.24, 2.45) is 0 Å². The van der Waals surface area contributed by atoms with Crippen molar-refractivity contribution in [3.8, 4) is 0 Å². The largest absolute Gasteiger partial charge is 0.302 e. The van der Waals surface area contributed by atoms with E-state index in [2.05, 4.69) is 44.2 Å². The van der Waals surface area contributed by atoms with E-state index in [0.717, 1.165) is 0 Å². The van der Waals surface area contributed by atoms with E-state index in [4.69, 9.17) is 0 Å². The maximum atomic E-state index is 2.28. The van der Waals surface area contributed by atoms with Crippen LogP contribution in [0.3, 0.4) is 0 Å². The van der Waals surface area contributed by atoms with Crippen molar-refractivity contribution in [2.45, 2.75) is 52.4 Å². The molecule has 0 fully saturated rings. The molecule has 0 spiro atoms. The summed E-state index contributed by atoms with van der Waals surface area (Å²) in [6.07, 6.45) is 8.09. The second-order valence-electron chi connectivity index (χ2n) is 4.88. The molecule has 0 saturated carbocycles. The zero-order chi connectivity index (χ0) is 12.3. The smallest absolute Gasteiger partial charge is 0.131 e. The Bertz CT molecular complexity index is 268. The van der Waals surface area contributed by atoms with E-state index in [1.54, 1.807) is 4.90 Å². The Morgan fingerprint density at radius 1 is 0.765 bits per heavy atom. The third-order valence-corrected chi connectivity index (χ3v) is 3.35. The molecule has 1 heteroatoms. The summed E-state index contributed by atoms with van der Waals surface area (Å²) in [5, 5.41) is 0. The van der Waals surface area contributed by atoms with E-state index in [-0.39, 0.29) is 0 Å². The van der Waals surface area contributed by atoms with Crippen molar-refractivity contribution in [3.05, 3.63) is 30.3 Å². The monoisotopic (exact) mass is 234 g/mol. The minimum absolute atomic E-state index is 1.28. The Kier molecular flexibility index (Phi) is 7.74. The second-order valence-corrected chi connectivity index (χ2v) is 4.88. The molecule has 0 saturated heterocycles. The number of hydrogen-bond donors (Lipinski definition) is 1. The second kappa shape index (κ2) is 9.23. The Morgan fingerprint density at radius 2 is 1.41 bits per heavy atom. The van der Waals surface area contributed by atoms with Gasteiger partial charge in [0.25, 0.3) is 0 Å². The fourth-order valence-electron chi connectivity index (χ4n) is 2.24. The topological polar surface area (TPSA) is 4.44 Å². The molecule has 0 amide bonds. The molecule has 1 rings (SSSR count). The Morgan fingerprint density at radius 3 is 2.06 bits per heavy atom. The van der Waals surface area contributed by atoms with Crippen LogP contribution in [0.25, 0.3) is 0 Å². The van der Waals surface area contributed by atoms with Gasteiger partial charge in [-0.2, -0.15) is 0 Å². The molecule has 1 unspecified atom stereocenters. The maximum absolute atomic E-state index is 2.28. The van der Waals surface area contributed by atoms with Crippen molar-refractivity contribution in [1.82, 2.24) is 0 Å². The van der Waals surface area contributed by atoms with Gasteiger partial charge in [0.1, 0.15) is 5.69 Å². The lowest BCUT2D eigenvalue weighted by Gasteiger charge is -2.18. The highest BCUT2D eigenvalue weighted by molar-refractivity contribution is 5.27. The van der Waals surface area contributed by atoms with Crippen LogP contribution in [0.1, 0.15) is 52.4 Å². The average molecular weight is 234 g/mol. The first-order valence-corrected chi connectivity index (χ1v) is 7.28. The maximum Gasteiger partial charge on any atom is 0.131 e. The molecule has 1 nitrogen and oxygen atoms in total. The van der Waals surface area contributed by atoms with Crippen molar-refractivity contribution in [1.29, 1.82) is 0 Å². The molecule has 0 aromatic heterocycles. The van der Waals surface area contributed by atoms with Gasteiger partial charge >= 0.3 is 0 Å². The van der Waals surface area contributed by atoms with Crippen molar-refractivity contribution < 1.29 is 4.90 Å². The normalized spacial score (nSPS) is 12.6. The van der Waals surface area contributed by atoms with Gasteiger partial charge < -0.3 is 4.90 Å². The number of para-hydroxylation sites is 1. The van der Waals surface area contributed by atoms with Gasteiger partial charge in [0.15, 0.2) is 0 Å². The number of rotatable bonds is 9. The van der Waals surface area contributed by atoms with E-state index < -0.39 is 0 Å². The number of unbranched alkanes of at least 4 members (excludes halogenated alkanes) is 4. The molecular formula is C16H28N+. The van der Waals surface area contributed by atoms with Crippen molar-refractivity contribution in [3.63, 3.8) is 0 Å². The van der Waals surface area contributed by atoms with Gasteiger partial charge in [-0.15, -0.1) is 0 Å². The third kappa shape index (κ3) is 5.88. The molecule has 1 aromatic rings. The molecule has 1 aromatic carbocycles. The van der Waals surface area contributed by atoms with E-state index in [0.29, 0.717) is 0 Å². The van der Waals surface area contributed by atoms with Crippen LogP contribution in [0, 0.1) is 0 Å². The van der Waals surface area contributed by atoms with Gasteiger partial charge in [-0.25, -0.2) is 0 Å². The van der Waals surface area contributed by atoms with Crippen LogP contribution in [-0.2, 0) is 0 Å². The van der Waals surface area contributed by atoms with Crippen molar-refractivity contribution in [2.75, 3.05) is 13.1 Å². The minimum Gasteiger partial charge on any atom is -0.302 e. The molecule has 1 N–H and O–H groups in total. The SMILES string of the molecule is CCCCCC[NH+](CCCC)c1ccccc1. The predicted octanol–water partition coefficient (Wildman–Crippen LogP) is 3.58. The molecule has 17 heavy (non-hydrogen) atoms. The van der Waals surface area contributed by atoms with E-state index in [1.165, 1.54) is 57.3 Å². The first-order valence-electron chi connectivity index (χ1n) is 7.28. The van der Waals surface area contributed by atoms with Crippen LogP contribution >= 0.6 is 0 Å². The molecular weight excluding hydrogens is 206 g/mol. The molecule has 0 heterocycles. The van der Waals surface area contributed by atoms with Gasteiger partial charge in [-0.1, -0.05) is 51.3 Å². The quantitative estimate of drug-likeness (QED) is 0.623. The zero-order valence-electron chi connectivity index (χ0n) is 11.5. The summed E-state index contributed by atoms with van der Waals surface area (Å²) < 4.78 is 0. The summed E-state index contributed by atoms with van der Waals surface area (Å²) in [6.45, 7) is 7.13. The molecule has 0 radical (unpaired) electrons. The Labute approximate surface area is 107 Å². The zero-order valence-corrected chi connectivity index (χ0v) is 11.5. The summed E-state index contributed by atoms with van der Waals surface area (Å²) in [4.78, 5) is 1.67. The highest BCUT2D eigenvalue weighted by Gasteiger charge is 2.10. The van der Waals surface area contributed by atoms with Gasteiger partial charge in [0.05, 0.1) is 13.1 Å². The van der Waals surface area contributed by atoms with Crippen LogP contribution in [0.4, 0.5) is 5.69 Å². The van der Waals surface area contributed by atoms with Crippen LogP contribution in [-0.4, -0.2) is 13.1 Å². The standard InChI is InChI=1S/C16H27N/c1-3-5-7-11-15-17(14-6-4-2)16-12-9-8-10-13-16/h8-10,12-13H,3-7,11,14-15H2,1-2H3/p+1.